The fourth-order valence-electron chi connectivity index (χ4n) is 2.70. The highest BCUT2D eigenvalue weighted by atomic mass is 32.2. The third-order valence-electron chi connectivity index (χ3n) is 4.26. The standard InChI is InChI=1S/C18H22N4O5S/c1-4-21(5-2)28(26,27)17-11-14(8-6-12(17)3)20-18(23)13-7-9-15(19)16(10-13)22(24)25/h6-11H,4-5,19H2,1-3H3,(H,20,23). The first-order valence-electron chi connectivity index (χ1n) is 8.57. The van der Waals surface area contributed by atoms with Crippen molar-refractivity contribution in [2.75, 3.05) is 24.1 Å². The predicted molar refractivity (Wildman–Crippen MR) is 107 cm³/mol. The van der Waals surface area contributed by atoms with Crippen LogP contribution in [0.1, 0.15) is 29.8 Å². The number of sulfonamides is 1. The van der Waals surface area contributed by atoms with Crippen LogP contribution in [-0.4, -0.2) is 36.6 Å². The molecule has 0 fully saturated rings. The Morgan fingerprint density at radius 3 is 2.39 bits per heavy atom. The van der Waals surface area contributed by atoms with Crippen molar-refractivity contribution in [1.29, 1.82) is 0 Å². The van der Waals surface area contributed by atoms with Crippen molar-refractivity contribution in [3.05, 3.63) is 57.6 Å². The van der Waals surface area contributed by atoms with Gasteiger partial charge in [-0.1, -0.05) is 19.9 Å². The lowest BCUT2D eigenvalue weighted by Crippen LogP contribution is -2.31. The molecule has 0 radical (unpaired) electrons. The van der Waals surface area contributed by atoms with Gasteiger partial charge in [-0.2, -0.15) is 4.31 Å². The Balaban J connectivity index is 2.37. The molecule has 150 valence electrons. The highest BCUT2D eigenvalue weighted by molar-refractivity contribution is 7.89. The monoisotopic (exact) mass is 406 g/mol. The zero-order valence-corrected chi connectivity index (χ0v) is 16.6. The lowest BCUT2D eigenvalue weighted by atomic mass is 10.1. The lowest BCUT2D eigenvalue weighted by molar-refractivity contribution is -0.383. The molecule has 3 N–H and O–H groups in total. The zero-order valence-electron chi connectivity index (χ0n) is 15.8. The van der Waals surface area contributed by atoms with Gasteiger partial charge in [0, 0.05) is 30.4 Å². The molecule has 2 aromatic carbocycles. The van der Waals surface area contributed by atoms with Crippen LogP contribution in [0.3, 0.4) is 0 Å². The molecular weight excluding hydrogens is 384 g/mol. The Hall–Kier alpha value is -2.98. The van der Waals surface area contributed by atoms with E-state index in [1.54, 1.807) is 32.9 Å². The molecule has 0 aromatic heterocycles. The molecule has 0 bridgehead atoms. The summed E-state index contributed by atoms with van der Waals surface area (Å²) in [5, 5.41) is 13.6. The molecule has 0 saturated heterocycles. The maximum absolute atomic E-state index is 12.8. The molecule has 0 heterocycles. The highest BCUT2D eigenvalue weighted by Gasteiger charge is 2.24. The third-order valence-corrected chi connectivity index (χ3v) is 6.45. The van der Waals surface area contributed by atoms with Crippen molar-refractivity contribution in [2.45, 2.75) is 25.7 Å². The first-order chi connectivity index (χ1) is 13.1. The van der Waals surface area contributed by atoms with E-state index in [2.05, 4.69) is 5.32 Å². The number of nitrogen functional groups attached to an aromatic ring is 1. The van der Waals surface area contributed by atoms with Gasteiger partial charge in [0.2, 0.25) is 10.0 Å². The number of aryl methyl sites for hydroxylation is 1. The van der Waals surface area contributed by atoms with Crippen molar-refractivity contribution in [3.63, 3.8) is 0 Å². The number of amides is 1. The van der Waals surface area contributed by atoms with E-state index in [1.807, 2.05) is 0 Å². The molecule has 28 heavy (non-hydrogen) atoms. The summed E-state index contributed by atoms with van der Waals surface area (Å²) >= 11 is 0. The van der Waals surface area contributed by atoms with Crippen molar-refractivity contribution in [1.82, 2.24) is 4.31 Å². The number of nitro groups is 1. The van der Waals surface area contributed by atoms with Crippen LogP contribution in [0.5, 0.6) is 0 Å². The van der Waals surface area contributed by atoms with E-state index in [0.717, 1.165) is 6.07 Å². The minimum Gasteiger partial charge on any atom is -0.393 e. The van der Waals surface area contributed by atoms with Gasteiger partial charge >= 0.3 is 0 Å². The topological polar surface area (TPSA) is 136 Å². The first kappa shape index (κ1) is 21.3. The van der Waals surface area contributed by atoms with Crippen molar-refractivity contribution >= 4 is 33.0 Å². The molecule has 0 saturated carbocycles. The minimum absolute atomic E-state index is 0.0367. The van der Waals surface area contributed by atoms with E-state index in [0.29, 0.717) is 18.7 Å². The Kier molecular flexibility index (Phi) is 6.37. The van der Waals surface area contributed by atoms with Crippen LogP contribution in [0.25, 0.3) is 0 Å². The summed E-state index contributed by atoms with van der Waals surface area (Å²) in [5.74, 6) is -0.613. The predicted octanol–water partition coefficient (Wildman–Crippen LogP) is 2.77. The number of benzene rings is 2. The average Bonchev–Trinajstić information content (AvgIpc) is 2.64. The molecule has 0 spiro atoms. The van der Waals surface area contributed by atoms with E-state index in [4.69, 9.17) is 5.73 Å². The van der Waals surface area contributed by atoms with Crippen LogP contribution >= 0.6 is 0 Å². The molecule has 10 heteroatoms. The van der Waals surface area contributed by atoms with Gasteiger partial charge in [-0.25, -0.2) is 8.42 Å². The average molecular weight is 406 g/mol. The van der Waals surface area contributed by atoms with Gasteiger partial charge in [0.15, 0.2) is 0 Å². The fraction of sp³-hybridized carbons (Fsp3) is 0.278. The number of hydrogen-bond donors (Lipinski definition) is 2. The molecule has 0 aliphatic carbocycles. The Morgan fingerprint density at radius 2 is 1.82 bits per heavy atom. The summed E-state index contributed by atoms with van der Waals surface area (Å²) < 4.78 is 26.9. The molecule has 1 amide bonds. The van der Waals surface area contributed by atoms with Crippen LogP contribution < -0.4 is 11.1 Å². The molecule has 0 unspecified atom stereocenters. The van der Waals surface area contributed by atoms with Crippen LogP contribution in [0.2, 0.25) is 0 Å². The number of carbonyl (C=O) groups excluding carboxylic acids is 1. The minimum atomic E-state index is -3.70. The van der Waals surface area contributed by atoms with Crippen molar-refractivity contribution < 1.29 is 18.1 Å². The molecule has 0 aliphatic rings. The van der Waals surface area contributed by atoms with E-state index in [1.165, 1.54) is 22.5 Å². The quantitative estimate of drug-likeness (QED) is 0.412. The SMILES string of the molecule is CCN(CC)S(=O)(=O)c1cc(NC(=O)c2ccc(N)c([N+](=O)[O-])c2)ccc1C. The number of hydrogen-bond acceptors (Lipinski definition) is 6. The van der Waals surface area contributed by atoms with Gasteiger partial charge in [-0.3, -0.25) is 14.9 Å². The summed E-state index contributed by atoms with van der Waals surface area (Å²) in [6.45, 7) is 5.81. The zero-order chi connectivity index (χ0) is 21.1. The maximum atomic E-state index is 12.8. The van der Waals surface area contributed by atoms with E-state index < -0.39 is 20.9 Å². The number of nitro benzene ring substituents is 1. The highest BCUT2D eigenvalue weighted by Crippen LogP contribution is 2.25. The second kappa shape index (κ2) is 8.36. The Labute approximate surface area is 163 Å². The van der Waals surface area contributed by atoms with Gasteiger partial charge in [-0.05, 0) is 36.8 Å². The van der Waals surface area contributed by atoms with Gasteiger partial charge in [0.05, 0.1) is 9.82 Å². The van der Waals surface area contributed by atoms with Gasteiger partial charge in [-0.15, -0.1) is 0 Å². The summed E-state index contributed by atoms with van der Waals surface area (Å²) in [6.07, 6.45) is 0. The molecule has 2 aromatic rings. The van der Waals surface area contributed by atoms with Crippen LogP contribution in [0.4, 0.5) is 17.1 Å². The molecule has 2 rings (SSSR count). The summed E-state index contributed by atoms with van der Waals surface area (Å²) in [6, 6.07) is 8.26. The van der Waals surface area contributed by atoms with Crippen molar-refractivity contribution in [2.24, 2.45) is 0 Å². The largest absolute Gasteiger partial charge is 0.393 e. The summed E-state index contributed by atoms with van der Waals surface area (Å²) in [4.78, 5) is 22.9. The van der Waals surface area contributed by atoms with Crippen LogP contribution in [0.15, 0.2) is 41.3 Å². The van der Waals surface area contributed by atoms with Gasteiger partial charge in [0.1, 0.15) is 5.69 Å². The molecule has 0 atom stereocenters. The number of rotatable bonds is 7. The van der Waals surface area contributed by atoms with E-state index in [-0.39, 0.29) is 27.5 Å². The second-order valence-corrected chi connectivity index (χ2v) is 7.96. The molecule has 0 aliphatic heterocycles. The Bertz CT molecular complexity index is 1020. The maximum Gasteiger partial charge on any atom is 0.292 e. The van der Waals surface area contributed by atoms with Gasteiger partial charge < -0.3 is 11.1 Å². The van der Waals surface area contributed by atoms with E-state index in [9.17, 15) is 23.3 Å². The molecule has 9 nitrogen and oxygen atoms in total. The van der Waals surface area contributed by atoms with E-state index >= 15 is 0 Å². The number of carbonyl (C=O) groups is 1. The smallest absolute Gasteiger partial charge is 0.292 e. The van der Waals surface area contributed by atoms with Gasteiger partial charge in [0.25, 0.3) is 11.6 Å². The van der Waals surface area contributed by atoms with Crippen molar-refractivity contribution in [3.8, 4) is 0 Å². The fourth-order valence-corrected chi connectivity index (χ4v) is 4.41. The number of nitrogens with one attached hydrogen (secondary N) is 1. The first-order valence-corrected chi connectivity index (χ1v) is 10.0. The van der Waals surface area contributed by atoms with Crippen LogP contribution in [-0.2, 0) is 10.0 Å². The van der Waals surface area contributed by atoms with Crippen LogP contribution in [0, 0.1) is 17.0 Å². The lowest BCUT2D eigenvalue weighted by Gasteiger charge is -2.20. The Morgan fingerprint density at radius 1 is 1.18 bits per heavy atom. The number of nitrogens with two attached hydrogens (primary N) is 1. The summed E-state index contributed by atoms with van der Waals surface area (Å²) in [7, 11) is -3.70. The summed E-state index contributed by atoms with van der Waals surface area (Å²) in [5.41, 5.74) is 5.96. The third kappa shape index (κ3) is 4.29. The second-order valence-electron chi connectivity index (χ2n) is 6.05. The number of anilines is 2. The number of nitrogens with zero attached hydrogens (tertiary/aromatic N) is 2. The molecular formula is C18H22N4O5S. The normalized spacial score (nSPS) is 11.4.